The third-order valence-electron chi connectivity index (χ3n) is 4.09. The summed E-state index contributed by atoms with van der Waals surface area (Å²) in [7, 11) is 0. The van der Waals surface area contributed by atoms with Crippen LogP contribution in [0.25, 0.3) is 0 Å². The van der Waals surface area contributed by atoms with Crippen molar-refractivity contribution in [3.8, 4) is 0 Å². The van der Waals surface area contributed by atoms with E-state index in [0.717, 1.165) is 48.7 Å². The second-order valence-corrected chi connectivity index (χ2v) is 6.27. The number of carbonyl (C=O) groups excluding carboxylic acids is 1. The van der Waals surface area contributed by atoms with Crippen molar-refractivity contribution in [1.82, 2.24) is 5.32 Å². The van der Waals surface area contributed by atoms with Crippen molar-refractivity contribution in [3.05, 3.63) is 28.8 Å². The number of piperidine rings is 1. The summed E-state index contributed by atoms with van der Waals surface area (Å²) in [5.74, 6) is 0.610. The molecule has 116 valence electrons. The maximum absolute atomic E-state index is 11.0. The number of anilines is 1. The molecule has 0 aromatic heterocycles. The monoisotopic (exact) mass is 309 g/mol. The second kappa shape index (κ2) is 7.14. The summed E-state index contributed by atoms with van der Waals surface area (Å²) in [6.07, 6.45) is 2.15. The molecule has 3 N–H and O–H groups in total. The van der Waals surface area contributed by atoms with Crippen LogP contribution in [-0.4, -0.2) is 25.5 Å². The van der Waals surface area contributed by atoms with Crippen molar-refractivity contribution in [2.24, 2.45) is 11.7 Å². The van der Waals surface area contributed by atoms with Crippen LogP contribution in [0, 0.1) is 5.92 Å². The van der Waals surface area contributed by atoms with Gasteiger partial charge >= 0.3 is 0 Å². The van der Waals surface area contributed by atoms with Crippen LogP contribution in [0.1, 0.15) is 38.3 Å². The van der Waals surface area contributed by atoms with Gasteiger partial charge in [0.05, 0.1) is 10.7 Å². The van der Waals surface area contributed by atoms with Gasteiger partial charge in [-0.2, -0.15) is 0 Å². The summed E-state index contributed by atoms with van der Waals surface area (Å²) in [5.41, 5.74) is 8.02. The first-order valence-corrected chi connectivity index (χ1v) is 7.89. The number of nitrogens with one attached hydrogen (secondary N) is 1. The number of nitrogens with two attached hydrogens (primary N) is 1. The topological polar surface area (TPSA) is 58.4 Å². The van der Waals surface area contributed by atoms with Crippen LogP contribution in [0.2, 0.25) is 5.02 Å². The number of amides is 1. The van der Waals surface area contributed by atoms with Gasteiger partial charge in [-0.1, -0.05) is 17.7 Å². The van der Waals surface area contributed by atoms with Gasteiger partial charge in [0, 0.05) is 32.6 Å². The van der Waals surface area contributed by atoms with E-state index in [2.05, 4.69) is 22.3 Å². The number of benzene rings is 1. The summed E-state index contributed by atoms with van der Waals surface area (Å²) in [5, 5.41) is 3.67. The second-order valence-electron chi connectivity index (χ2n) is 5.87. The fraction of sp³-hybridized carbons (Fsp3) is 0.562. The van der Waals surface area contributed by atoms with Gasteiger partial charge in [0.25, 0.3) is 0 Å². The minimum absolute atomic E-state index is 0.0000542. The molecular formula is C16H24ClN3O. The normalized spacial score (nSPS) is 17.6. The van der Waals surface area contributed by atoms with Crippen molar-refractivity contribution >= 4 is 23.2 Å². The zero-order valence-corrected chi connectivity index (χ0v) is 13.5. The van der Waals surface area contributed by atoms with Gasteiger partial charge < -0.3 is 16.0 Å². The Balaban J connectivity index is 1.94. The Morgan fingerprint density at radius 3 is 2.67 bits per heavy atom. The van der Waals surface area contributed by atoms with Crippen molar-refractivity contribution in [1.29, 1.82) is 0 Å². The Morgan fingerprint density at radius 2 is 2.14 bits per heavy atom. The molecule has 1 aromatic carbocycles. The van der Waals surface area contributed by atoms with Crippen molar-refractivity contribution in [2.75, 3.05) is 24.5 Å². The first-order valence-electron chi connectivity index (χ1n) is 7.51. The van der Waals surface area contributed by atoms with Gasteiger partial charge in [0.1, 0.15) is 0 Å². The molecule has 1 fully saturated rings. The lowest BCUT2D eigenvalue weighted by atomic mass is 9.96. The number of carbonyl (C=O) groups is 1. The molecule has 21 heavy (non-hydrogen) atoms. The third kappa shape index (κ3) is 4.35. The highest BCUT2D eigenvalue weighted by atomic mass is 35.5. The van der Waals surface area contributed by atoms with Gasteiger partial charge in [-0.25, -0.2) is 0 Å². The van der Waals surface area contributed by atoms with E-state index < -0.39 is 0 Å². The zero-order chi connectivity index (χ0) is 15.4. The molecule has 0 saturated carbocycles. The SMILES string of the molecule is CC(=O)NCC1CCN(c2ccc([C@H](C)N)cc2Cl)CC1. The number of nitrogens with zero attached hydrogens (tertiary/aromatic N) is 1. The molecule has 4 nitrogen and oxygen atoms in total. The number of hydrogen-bond acceptors (Lipinski definition) is 3. The average molecular weight is 310 g/mol. The lowest BCUT2D eigenvalue weighted by molar-refractivity contribution is -0.119. The summed E-state index contributed by atoms with van der Waals surface area (Å²) in [6.45, 7) is 6.25. The van der Waals surface area contributed by atoms with E-state index in [0.29, 0.717) is 5.92 Å². The first kappa shape index (κ1) is 16.1. The molecule has 1 amide bonds. The third-order valence-corrected chi connectivity index (χ3v) is 4.40. The summed E-state index contributed by atoms with van der Waals surface area (Å²) in [6, 6.07) is 6.08. The first-order chi connectivity index (χ1) is 9.97. The molecule has 1 heterocycles. The molecule has 1 aromatic rings. The molecule has 0 unspecified atom stereocenters. The van der Waals surface area contributed by atoms with Crippen LogP contribution >= 0.6 is 11.6 Å². The molecular weight excluding hydrogens is 286 g/mol. The quantitative estimate of drug-likeness (QED) is 0.899. The number of rotatable bonds is 4. The molecule has 1 aliphatic rings. The largest absolute Gasteiger partial charge is 0.370 e. The molecule has 1 aliphatic heterocycles. The molecule has 1 atom stereocenters. The molecule has 2 rings (SSSR count). The highest BCUT2D eigenvalue weighted by Gasteiger charge is 2.21. The Morgan fingerprint density at radius 1 is 1.48 bits per heavy atom. The van der Waals surface area contributed by atoms with Crippen molar-refractivity contribution < 1.29 is 4.79 Å². The lowest BCUT2D eigenvalue weighted by Gasteiger charge is -2.34. The van der Waals surface area contributed by atoms with Crippen LogP contribution in [0.4, 0.5) is 5.69 Å². The number of halogens is 1. The number of hydrogen-bond donors (Lipinski definition) is 2. The van der Waals surface area contributed by atoms with Gasteiger partial charge in [-0.3, -0.25) is 4.79 Å². The molecule has 1 saturated heterocycles. The van der Waals surface area contributed by atoms with E-state index >= 15 is 0 Å². The van der Waals surface area contributed by atoms with Gasteiger partial charge in [0.15, 0.2) is 0 Å². The average Bonchev–Trinajstić information content (AvgIpc) is 2.45. The molecule has 5 heteroatoms. The maximum atomic E-state index is 11.0. The predicted molar refractivity (Wildman–Crippen MR) is 87.7 cm³/mol. The van der Waals surface area contributed by atoms with Crippen LogP contribution in [-0.2, 0) is 4.79 Å². The van der Waals surface area contributed by atoms with E-state index in [1.165, 1.54) is 0 Å². The molecule has 0 radical (unpaired) electrons. The fourth-order valence-electron chi connectivity index (χ4n) is 2.73. The van der Waals surface area contributed by atoms with Gasteiger partial charge in [-0.15, -0.1) is 0 Å². The van der Waals surface area contributed by atoms with Crippen LogP contribution < -0.4 is 16.0 Å². The minimum atomic E-state index is -0.0000542. The molecule has 0 bridgehead atoms. The highest BCUT2D eigenvalue weighted by molar-refractivity contribution is 6.33. The van der Waals surface area contributed by atoms with Crippen molar-refractivity contribution in [3.63, 3.8) is 0 Å². The van der Waals surface area contributed by atoms with Gasteiger partial charge in [-0.05, 0) is 43.4 Å². The standard InChI is InChI=1S/C16H24ClN3O/c1-11(18)14-3-4-16(15(17)9-14)20-7-5-13(6-8-20)10-19-12(2)21/h3-4,9,11,13H,5-8,10,18H2,1-2H3,(H,19,21)/t11-/m0/s1. The summed E-state index contributed by atoms with van der Waals surface area (Å²) in [4.78, 5) is 13.3. The van der Waals surface area contributed by atoms with Crippen LogP contribution in [0.15, 0.2) is 18.2 Å². The maximum Gasteiger partial charge on any atom is 0.216 e. The molecule has 0 spiro atoms. The fourth-order valence-corrected chi connectivity index (χ4v) is 3.04. The van der Waals surface area contributed by atoms with E-state index in [1.54, 1.807) is 6.92 Å². The summed E-state index contributed by atoms with van der Waals surface area (Å²) >= 11 is 6.39. The van der Waals surface area contributed by atoms with E-state index in [-0.39, 0.29) is 11.9 Å². The van der Waals surface area contributed by atoms with E-state index in [1.807, 2.05) is 13.0 Å². The lowest BCUT2D eigenvalue weighted by Crippen LogP contribution is -2.38. The zero-order valence-electron chi connectivity index (χ0n) is 12.7. The van der Waals surface area contributed by atoms with Crippen molar-refractivity contribution in [2.45, 2.75) is 32.7 Å². The molecule has 0 aliphatic carbocycles. The summed E-state index contributed by atoms with van der Waals surface area (Å²) < 4.78 is 0. The Kier molecular flexibility index (Phi) is 5.48. The Bertz CT molecular complexity index is 496. The van der Waals surface area contributed by atoms with E-state index in [9.17, 15) is 4.79 Å². The predicted octanol–water partition coefficient (Wildman–Crippen LogP) is 2.71. The minimum Gasteiger partial charge on any atom is -0.370 e. The Hall–Kier alpha value is -1.26. The smallest absolute Gasteiger partial charge is 0.216 e. The van der Waals surface area contributed by atoms with E-state index in [4.69, 9.17) is 17.3 Å². The highest BCUT2D eigenvalue weighted by Crippen LogP contribution is 2.31. The van der Waals surface area contributed by atoms with Crippen LogP contribution in [0.3, 0.4) is 0 Å². The van der Waals surface area contributed by atoms with Gasteiger partial charge in [0.2, 0.25) is 5.91 Å². The van der Waals surface area contributed by atoms with Crippen LogP contribution in [0.5, 0.6) is 0 Å². The Labute approximate surface area is 131 Å².